The summed E-state index contributed by atoms with van der Waals surface area (Å²) in [6.07, 6.45) is 2.43. The van der Waals surface area contributed by atoms with Gasteiger partial charge in [0.15, 0.2) is 0 Å². The van der Waals surface area contributed by atoms with Gasteiger partial charge in [-0.15, -0.1) is 0 Å². The number of H-pyrrole nitrogens is 1. The number of carbonyl (C=O) groups is 4. The number of rotatable bonds is 12. The molecule has 3 N–H and O–H groups in total. The van der Waals surface area contributed by atoms with Gasteiger partial charge in [0.25, 0.3) is 17.4 Å². The van der Waals surface area contributed by atoms with Gasteiger partial charge in [-0.3, -0.25) is 39.1 Å². The molecule has 1 aromatic heterocycles. The van der Waals surface area contributed by atoms with Gasteiger partial charge in [-0.2, -0.15) is 0 Å². The topological polar surface area (TPSA) is 147 Å². The van der Waals surface area contributed by atoms with E-state index in [1.807, 2.05) is 45.0 Å². The Balaban J connectivity index is 0.927. The molecule has 4 aromatic rings. The number of pyridine rings is 1. The minimum absolute atomic E-state index is 0.139. The van der Waals surface area contributed by atoms with Gasteiger partial charge in [0.2, 0.25) is 11.8 Å². The third-order valence-corrected chi connectivity index (χ3v) is 14.1. The summed E-state index contributed by atoms with van der Waals surface area (Å²) < 4.78 is 6.61. The van der Waals surface area contributed by atoms with E-state index in [0.717, 1.165) is 121 Å². The zero-order valence-electron chi connectivity index (χ0n) is 36.1. The number of anilines is 1. The molecule has 4 aliphatic rings. The number of aromatic nitrogens is 1. The number of hydrogen-bond acceptors (Lipinski definition) is 9. The van der Waals surface area contributed by atoms with E-state index in [1.54, 1.807) is 4.90 Å². The molecule has 13 nitrogen and oxygen atoms in total. The Morgan fingerprint density at radius 3 is 2.27 bits per heavy atom. The van der Waals surface area contributed by atoms with E-state index in [1.165, 1.54) is 5.56 Å². The monoisotopic (exact) mass is 905 g/mol. The number of aromatic amines is 1. The molecule has 8 rings (SSSR count). The van der Waals surface area contributed by atoms with Crippen molar-refractivity contribution in [1.82, 2.24) is 30.3 Å². The second-order valence-electron chi connectivity index (χ2n) is 17.1. The van der Waals surface area contributed by atoms with Crippen LogP contribution in [0.2, 0.25) is 0 Å². The Hall–Kier alpha value is -5.15. The fourth-order valence-electron chi connectivity index (χ4n) is 9.57. The van der Waals surface area contributed by atoms with Crippen LogP contribution in [-0.2, 0) is 40.5 Å². The van der Waals surface area contributed by atoms with Crippen LogP contribution in [0.4, 0.5) is 5.69 Å². The molecule has 5 heterocycles. The molecule has 14 heteroatoms. The smallest absolute Gasteiger partial charge is 0.255 e. The Bertz CT molecular complexity index is 2440. The van der Waals surface area contributed by atoms with Crippen LogP contribution in [0, 0.1) is 20.8 Å². The highest BCUT2D eigenvalue weighted by atomic mass is 79.9. The number of fused-ring (bicyclic) bond motifs is 1. The molecule has 1 atom stereocenters. The van der Waals surface area contributed by atoms with Crippen molar-refractivity contribution in [3.8, 4) is 11.1 Å². The van der Waals surface area contributed by atoms with E-state index in [9.17, 15) is 24.0 Å². The molecule has 326 valence electrons. The van der Waals surface area contributed by atoms with Gasteiger partial charge in [0, 0.05) is 117 Å². The molecule has 4 aliphatic heterocycles. The van der Waals surface area contributed by atoms with Crippen LogP contribution in [0.5, 0.6) is 0 Å². The first-order valence-electron chi connectivity index (χ1n) is 21.8. The second kappa shape index (κ2) is 18.7. The van der Waals surface area contributed by atoms with Crippen LogP contribution in [0.25, 0.3) is 11.1 Å². The number of nitrogens with zero attached hydrogens (tertiary/aromatic N) is 4. The third-order valence-electron chi connectivity index (χ3n) is 13.1. The summed E-state index contributed by atoms with van der Waals surface area (Å²) in [4.78, 5) is 76.1. The summed E-state index contributed by atoms with van der Waals surface area (Å²) in [7, 11) is 0. The maximum Gasteiger partial charge on any atom is 0.255 e. The lowest BCUT2D eigenvalue weighted by molar-refractivity contribution is -0.136. The highest BCUT2D eigenvalue weighted by Crippen LogP contribution is 2.36. The summed E-state index contributed by atoms with van der Waals surface area (Å²) in [5, 5.41) is 5.43. The van der Waals surface area contributed by atoms with Crippen molar-refractivity contribution in [2.75, 3.05) is 50.8 Å². The maximum atomic E-state index is 14.0. The number of nitrogens with one attached hydrogen (secondary N) is 3. The van der Waals surface area contributed by atoms with Crippen LogP contribution < -0.4 is 21.1 Å². The fourth-order valence-corrected chi connectivity index (χ4v) is 10.2. The molecule has 4 amide bonds. The van der Waals surface area contributed by atoms with Crippen molar-refractivity contribution in [2.24, 2.45) is 0 Å². The zero-order chi connectivity index (χ0) is 43.7. The Kier molecular flexibility index (Phi) is 13.1. The number of carbonyl (C=O) groups excluding carboxylic acids is 4. The van der Waals surface area contributed by atoms with Crippen LogP contribution in [0.1, 0.15) is 92.4 Å². The van der Waals surface area contributed by atoms with Crippen LogP contribution in [-0.4, -0.2) is 101 Å². The lowest BCUT2D eigenvalue weighted by Crippen LogP contribution is -2.52. The summed E-state index contributed by atoms with van der Waals surface area (Å²) in [6.45, 7) is 15.9. The lowest BCUT2D eigenvalue weighted by Gasteiger charge is -2.37. The van der Waals surface area contributed by atoms with Crippen molar-refractivity contribution >= 4 is 45.2 Å². The number of piperazine rings is 1. The number of benzene rings is 3. The summed E-state index contributed by atoms with van der Waals surface area (Å²) in [6, 6.07) is 18.4. The van der Waals surface area contributed by atoms with Gasteiger partial charge in [0.1, 0.15) is 6.04 Å². The first kappa shape index (κ1) is 43.5. The van der Waals surface area contributed by atoms with E-state index in [-0.39, 0.29) is 36.2 Å². The van der Waals surface area contributed by atoms with Gasteiger partial charge < -0.3 is 24.8 Å². The largest absolute Gasteiger partial charge is 0.381 e. The standard InChI is InChI=1S/C48H56BrN7O6/c1-5-55(36-14-20-62-21-15-36)42-24-35(23-38(31(42)4)45(58)50-25-39-29(2)22-30(3)51-46(39)59)33-8-6-32(7-9-33)26-53-16-18-54(19-17-53)27-34-10-11-37-40(44(34)49)28-56(48(37)61)41-12-13-43(57)52-47(41)60/h6-11,22-24,36,41H,5,12-21,25-28H2,1-4H3,(H,50,58)(H,51,59)(H,52,57,60). The molecule has 0 saturated carbocycles. The van der Waals surface area contributed by atoms with Gasteiger partial charge in [0.05, 0.1) is 0 Å². The predicted molar refractivity (Wildman–Crippen MR) is 242 cm³/mol. The summed E-state index contributed by atoms with van der Waals surface area (Å²) in [5.74, 6) is -1.08. The molecule has 3 aromatic carbocycles. The molecular formula is C48H56BrN7O6. The zero-order valence-corrected chi connectivity index (χ0v) is 37.7. The number of amides is 4. The molecule has 3 saturated heterocycles. The van der Waals surface area contributed by atoms with Crippen molar-refractivity contribution in [2.45, 2.75) is 91.6 Å². The van der Waals surface area contributed by atoms with E-state index >= 15 is 0 Å². The van der Waals surface area contributed by atoms with Crippen molar-refractivity contribution in [3.63, 3.8) is 0 Å². The maximum absolute atomic E-state index is 14.0. The number of hydrogen-bond donors (Lipinski definition) is 3. The molecule has 0 bridgehead atoms. The molecular weight excluding hydrogens is 850 g/mol. The molecule has 62 heavy (non-hydrogen) atoms. The SMILES string of the molecule is CCN(c1cc(-c2ccc(CN3CCN(Cc4ccc5c(c4Br)CN(C4CCC(=O)NC4=O)C5=O)CC3)cc2)cc(C(=O)NCc2c(C)cc(C)[nH]c2=O)c1C)C1CCOCC1. The Labute approximate surface area is 371 Å². The minimum Gasteiger partial charge on any atom is -0.381 e. The van der Waals surface area contributed by atoms with E-state index < -0.39 is 11.9 Å². The number of imide groups is 1. The molecule has 0 aliphatic carbocycles. The van der Waals surface area contributed by atoms with Crippen LogP contribution in [0.15, 0.2) is 63.9 Å². The molecule has 0 radical (unpaired) electrons. The summed E-state index contributed by atoms with van der Waals surface area (Å²) in [5.41, 5.74) is 10.4. The number of ether oxygens (including phenoxy) is 1. The van der Waals surface area contributed by atoms with Gasteiger partial charge in [-0.1, -0.05) is 46.3 Å². The predicted octanol–water partition coefficient (Wildman–Crippen LogP) is 5.74. The number of piperidine rings is 1. The van der Waals surface area contributed by atoms with Crippen molar-refractivity contribution < 1.29 is 23.9 Å². The van der Waals surface area contributed by atoms with Gasteiger partial charge in [-0.05, 0) is 110 Å². The minimum atomic E-state index is -0.637. The average Bonchev–Trinajstić information content (AvgIpc) is 3.59. The van der Waals surface area contributed by atoms with Crippen molar-refractivity contribution in [3.05, 3.63) is 120 Å². The highest BCUT2D eigenvalue weighted by molar-refractivity contribution is 9.10. The van der Waals surface area contributed by atoms with Crippen LogP contribution in [0.3, 0.4) is 0 Å². The average molecular weight is 907 g/mol. The Morgan fingerprint density at radius 1 is 0.887 bits per heavy atom. The van der Waals surface area contributed by atoms with E-state index in [4.69, 9.17) is 4.74 Å². The third kappa shape index (κ3) is 9.15. The Morgan fingerprint density at radius 2 is 1.60 bits per heavy atom. The van der Waals surface area contributed by atoms with E-state index in [0.29, 0.717) is 35.7 Å². The summed E-state index contributed by atoms with van der Waals surface area (Å²) >= 11 is 3.80. The van der Waals surface area contributed by atoms with Crippen molar-refractivity contribution in [1.29, 1.82) is 0 Å². The molecule has 0 spiro atoms. The number of aryl methyl sites for hydroxylation is 2. The van der Waals surface area contributed by atoms with Crippen LogP contribution >= 0.6 is 15.9 Å². The molecule has 1 unspecified atom stereocenters. The quantitative estimate of drug-likeness (QED) is 0.152. The van der Waals surface area contributed by atoms with Gasteiger partial charge >= 0.3 is 0 Å². The lowest BCUT2D eigenvalue weighted by atomic mass is 9.94. The second-order valence-corrected chi connectivity index (χ2v) is 17.9. The van der Waals surface area contributed by atoms with Gasteiger partial charge in [-0.25, -0.2) is 0 Å². The van der Waals surface area contributed by atoms with E-state index in [2.05, 4.69) is 83.5 Å². The first-order chi connectivity index (χ1) is 29.9. The molecule has 3 fully saturated rings. The first-order valence-corrected chi connectivity index (χ1v) is 22.6. The normalized spacial score (nSPS) is 18.8. The number of halogens is 1. The fraction of sp³-hybridized carbons (Fsp3) is 0.438. The highest BCUT2D eigenvalue weighted by Gasteiger charge is 2.40.